The van der Waals surface area contributed by atoms with Gasteiger partial charge in [0.15, 0.2) is 0 Å². The quantitative estimate of drug-likeness (QED) is 0.490. The molecular weight excluding hydrogens is 467 g/mol. The summed E-state index contributed by atoms with van der Waals surface area (Å²) in [7, 11) is -3.80. The molecule has 1 aromatic heterocycles. The number of benzene rings is 2. The molecule has 0 atom stereocenters. The lowest BCUT2D eigenvalue weighted by Gasteiger charge is -2.33. The number of aromatic nitrogens is 2. The Balaban J connectivity index is 1.31. The number of amides is 1. The van der Waals surface area contributed by atoms with Crippen molar-refractivity contribution in [3.8, 4) is 11.5 Å². The van der Waals surface area contributed by atoms with Gasteiger partial charge in [0.1, 0.15) is 5.82 Å². The molecule has 0 saturated carbocycles. The van der Waals surface area contributed by atoms with Gasteiger partial charge in [-0.05, 0) is 55.3 Å². The molecule has 0 radical (unpaired) electrons. The van der Waals surface area contributed by atoms with E-state index in [1.165, 1.54) is 28.1 Å². The second kappa shape index (κ2) is 9.62. The Morgan fingerprint density at radius 3 is 2.52 bits per heavy atom. The summed E-state index contributed by atoms with van der Waals surface area (Å²) in [5.41, 5.74) is 3.11. The summed E-state index contributed by atoms with van der Waals surface area (Å²) in [6, 6.07) is 10.8. The number of thioether (sulfide) groups is 1. The third-order valence-electron chi connectivity index (χ3n) is 5.50. The Hall–Kier alpha value is -2.76. The van der Waals surface area contributed by atoms with Crippen molar-refractivity contribution in [3.05, 3.63) is 59.4 Å². The summed E-state index contributed by atoms with van der Waals surface area (Å²) in [6.45, 7) is 4.83. The number of aryl methyl sites for hydroxylation is 2. The number of rotatable bonds is 6. The van der Waals surface area contributed by atoms with Gasteiger partial charge in [-0.1, -0.05) is 23.9 Å². The maximum absolute atomic E-state index is 13.4. The molecule has 2 aromatic carbocycles. The van der Waals surface area contributed by atoms with Gasteiger partial charge in [-0.15, -0.1) is 10.2 Å². The third kappa shape index (κ3) is 5.26. The molecule has 1 aliphatic rings. The zero-order valence-electron chi connectivity index (χ0n) is 18.2. The van der Waals surface area contributed by atoms with Crippen molar-refractivity contribution < 1.29 is 22.0 Å². The summed E-state index contributed by atoms with van der Waals surface area (Å²) < 4.78 is 45.8. The van der Waals surface area contributed by atoms with E-state index in [4.69, 9.17) is 4.42 Å². The van der Waals surface area contributed by atoms with Crippen LogP contribution in [0.4, 0.5) is 4.39 Å². The Bertz CT molecular complexity index is 1270. The van der Waals surface area contributed by atoms with Gasteiger partial charge >= 0.3 is 0 Å². The van der Waals surface area contributed by atoms with Crippen LogP contribution in [0.3, 0.4) is 0 Å². The Morgan fingerprint density at radius 1 is 1.06 bits per heavy atom. The van der Waals surface area contributed by atoms with Gasteiger partial charge in [0.05, 0.1) is 10.6 Å². The summed E-state index contributed by atoms with van der Waals surface area (Å²) in [5.74, 6) is -0.257. The first-order valence-electron chi connectivity index (χ1n) is 10.3. The molecule has 8 nitrogen and oxygen atoms in total. The highest BCUT2D eigenvalue weighted by Crippen LogP contribution is 2.25. The lowest BCUT2D eigenvalue weighted by atomic mass is 10.1. The molecule has 0 N–H and O–H groups in total. The average Bonchev–Trinajstić information content (AvgIpc) is 3.28. The Morgan fingerprint density at radius 2 is 1.82 bits per heavy atom. The van der Waals surface area contributed by atoms with Gasteiger partial charge in [-0.25, -0.2) is 12.8 Å². The van der Waals surface area contributed by atoms with E-state index in [2.05, 4.69) is 10.2 Å². The molecule has 11 heteroatoms. The topological polar surface area (TPSA) is 96.6 Å². The van der Waals surface area contributed by atoms with E-state index in [9.17, 15) is 17.6 Å². The SMILES string of the molecule is Cc1ccc(-c2nnc(SCC(=O)N3CCN(S(=O)(=O)c4cccc(F)c4)CC3)o2)cc1C. The first-order chi connectivity index (χ1) is 15.7. The molecule has 0 spiro atoms. The van der Waals surface area contributed by atoms with Crippen molar-refractivity contribution in [2.75, 3.05) is 31.9 Å². The monoisotopic (exact) mass is 490 g/mol. The maximum Gasteiger partial charge on any atom is 0.277 e. The minimum Gasteiger partial charge on any atom is -0.411 e. The maximum atomic E-state index is 13.4. The fraction of sp³-hybridized carbons (Fsp3) is 0.318. The highest BCUT2D eigenvalue weighted by atomic mass is 32.2. The predicted molar refractivity (Wildman–Crippen MR) is 122 cm³/mol. The fourth-order valence-electron chi connectivity index (χ4n) is 3.43. The molecule has 1 saturated heterocycles. The molecule has 2 heterocycles. The van der Waals surface area contributed by atoms with Crippen molar-refractivity contribution >= 4 is 27.7 Å². The van der Waals surface area contributed by atoms with E-state index in [0.29, 0.717) is 11.1 Å². The highest BCUT2D eigenvalue weighted by Gasteiger charge is 2.30. The van der Waals surface area contributed by atoms with Gasteiger partial charge in [0.25, 0.3) is 5.22 Å². The van der Waals surface area contributed by atoms with Crippen molar-refractivity contribution in [2.45, 2.75) is 24.0 Å². The minimum atomic E-state index is -3.80. The number of piperazine rings is 1. The van der Waals surface area contributed by atoms with Crippen LogP contribution in [0.15, 0.2) is 57.0 Å². The first kappa shape index (κ1) is 23.4. The molecule has 0 bridgehead atoms. The van der Waals surface area contributed by atoms with E-state index in [1.54, 1.807) is 4.90 Å². The predicted octanol–water partition coefficient (Wildman–Crippen LogP) is 3.12. The number of carbonyl (C=O) groups is 1. The first-order valence-corrected chi connectivity index (χ1v) is 12.7. The van der Waals surface area contributed by atoms with E-state index in [0.717, 1.165) is 29.0 Å². The molecule has 4 rings (SSSR count). The standard InChI is InChI=1S/C22H23FN4O4S2/c1-15-6-7-17(12-16(15)2)21-24-25-22(31-21)32-14-20(28)26-8-10-27(11-9-26)33(29,30)19-5-3-4-18(23)13-19/h3-7,12-13H,8-11,14H2,1-2H3. The van der Waals surface area contributed by atoms with Crippen LogP contribution in [0.5, 0.6) is 0 Å². The van der Waals surface area contributed by atoms with Gasteiger partial charge in [0, 0.05) is 31.7 Å². The Kier molecular flexibility index (Phi) is 6.82. The van der Waals surface area contributed by atoms with E-state index in [1.807, 2.05) is 32.0 Å². The average molecular weight is 491 g/mol. The molecule has 33 heavy (non-hydrogen) atoms. The second-order valence-electron chi connectivity index (χ2n) is 7.70. The van der Waals surface area contributed by atoms with Crippen LogP contribution in [-0.4, -0.2) is 65.7 Å². The van der Waals surface area contributed by atoms with Crippen LogP contribution < -0.4 is 0 Å². The van der Waals surface area contributed by atoms with Crippen molar-refractivity contribution in [3.63, 3.8) is 0 Å². The van der Waals surface area contributed by atoms with E-state index < -0.39 is 15.8 Å². The molecular formula is C22H23FN4O4S2. The number of hydrogen-bond donors (Lipinski definition) is 0. The number of sulfonamides is 1. The summed E-state index contributed by atoms with van der Waals surface area (Å²) >= 11 is 1.14. The molecule has 3 aromatic rings. The van der Waals surface area contributed by atoms with Gasteiger partial charge in [-0.3, -0.25) is 4.79 Å². The number of nitrogens with zero attached hydrogens (tertiary/aromatic N) is 4. The number of carbonyl (C=O) groups excluding carboxylic acids is 1. The lowest BCUT2D eigenvalue weighted by molar-refractivity contribution is -0.129. The molecule has 174 valence electrons. The summed E-state index contributed by atoms with van der Waals surface area (Å²) in [5, 5.41) is 8.36. The van der Waals surface area contributed by atoms with E-state index >= 15 is 0 Å². The molecule has 0 aliphatic carbocycles. The molecule has 0 unspecified atom stereocenters. The van der Waals surface area contributed by atoms with Crippen molar-refractivity contribution in [1.29, 1.82) is 0 Å². The highest BCUT2D eigenvalue weighted by molar-refractivity contribution is 7.99. The number of halogens is 1. The minimum absolute atomic E-state index is 0.0891. The molecule has 1 amide bonds. The fourth-order valence-corrected chi connectivity index (χ4v) is 5.55. The van der Waals surface area contributed by atoms with Crippen LogP contribution in [0.25, 0.3) is 11.5 Å². The largest absolute Gasteiger partial charge is 0.411 e. The van der Waals surface area contributed by atoms with Crippen LogP contribution in [0.2, 0.25) is 0 Å². The summed E-state index contributed by atoms with van der Waals surface area (Å²) in [4.78, 5) is 14.1. The molecule has 1 fully saturated rings. The normalized spacial score (nSPS) is 15.1. The smallest absolute Gasteiger partial charge is 0.277 e. The number of hydrogen-bond acceptors (Lipinski definition) is 7. The summed E-state index contributed by atoms with van der Waals surface area (Å²) in [6.07, 6.45) is 0. The van der Waals surface area contributed by atoms with Crippen molar-refractivity contribution in [2.24, 2.45) is 0 Å². The van der Waals surface area contributed by atoms with Crippen LogP contribution >= 0.6 is 11.8 Å². The van der Waals surface area contributed by atoms with Gasteiger partial charge in [-0.2, -0.15) is 4.31 Å². The third-order valence-corrected chi connectivity index (χ3v) is 8.20. The van der Waals surface area contributed by atoms with Crippen molar-refractivity contribution in [1.82, 2.24) is 19.4 Å². The van der Waals surface area contributed by atoms with Gasteiger partial charge in [0.2, 0.25) is 21.8 Å². The second-order valence-corrected chi connectivity index (χ2v) is 10.6. The lowest BCUT2D eigenvalue weighted by Crippen LogP contribution is -2.50. The van der Waals surface area contributed by atoms with Crippen LogP contribution in [-0.2, 0) is 14.8 Å². The Labute approximate surface area is 195 Å². The van der Waals surface area contributed by atoms with Gasteiger partial charge < -0.3 is 9.32 Å². The molecule has 1 aliphatic heterocycles. The zero-order chi connectivity index (χ0) is 23.6. The van der Waals surface area contributed by atoms with Crippen LogP contribution in [0, 0.1) is 19.7 Å². The van der Waals surface area contributed by atoms with E-state index in [-0.39, 0.29) is 42.7 Å². The van der Waals surface area contributed by atoms with Crippen LogP contribution in [0.1, 0.15) is 11.1 Å². The zero-order valence-corrected chi connectivity index (χ0v) is 19.8.